The highest BCUT2D eigenvalue weighted by molar-refractivity contribution is 5.96. The number of carbonyl (C=O) groups excluding carboxylic acids is 1. The van der Waals surface area contributed by atoms with E-state index >= 15 is 0 Å². The summed E-state index contributed by atoms with van der Waals surface area (Å²) in [4.78, 5) is 14.7. The summed E-state index contributed by atoms with van der Waals surface area (Å²) in [6.07, 6.45) is 6.07. The minimum absolute atomic E-state index is 0. The first kappa shape index (κ1) is 18.8. The van der Waals surface area contributed by atoms with Crippen molar-refractivity contribution in [2.75, 3.05) is 27.7 Å². The molecule has 0 radical (unpaired) electrons. The molecule has 1 aromatic carbocycles. The third-order valence-electron chi connectivity index (χ3n) is 4.66. The van der Waals surface area contributed by atoms with Gasteiger partial charge in [-0.1, -0.05) is 31.4 Å². The van der Waals surface area contributed by atoms with Gasteiger partial charge < -0.3 is 15.0 Å². The molecule has 0 spiro atoms. The van der Waals surface area contributed by atoms with E-state index in [9.17, 15) is 4.79 Å². The molecule has 5 heteroatoms. The fourth-order valence-corrected chi connectivity index (χ4v) is 3.16. The molecule has 1 aromatic rings. The van der Waals surface area contributed by atoms with Crippen LogP contribution < -0.4 is 10.1 Å². The molecule has 4 nitrogen and oxygen atoms in total. The number of carbonyl (C=O) groups is 1. The quantitative estimate of drug-likeness (QED) is 0.904. The minimum atomic E-state index is -0.0563. The summed E-state index contributed by atoms with van der Waals surface area (Å²) in [7, 11) is 5.82. The van der Waals surface area contributed by atoms with Gasteiger partial charge in [-0.15, -0.1) is 12.4 Å². The Labute approximate surface area is 139 Å². The van der Waals surface area contributed by atoms with Gasteiger partial charge in [0.1, 0.15) is 5.75 Å². The van der Waals surface area contributed by atoms with Gasteiger partial charge in [0.2, 0.25) is 0 Å². The van der Waals surface area contributed by atoms with Crippen molar-refractivity contribution >= 4 is 18.3 Å². The lowest BCUT2D eigenvalue weighted by molar-refractivity contribution is 0.0797. The summed E-state index contributed by atoms with van der Waals surface area (Å²) in [5.74, 6) is 0.566. The molecule has 0 aliphatic heterocycles. The van der Waals surface area contributed by atoms with E-state index in [0.29, 0.717) is 17.9 Å². The second-order valence-electron chi connectivity index (χ2n) is 6.06. The van der Waals surface area contributed by atoms with Gasteiger partial charge in [0.25, 0.3) is 5.91 Å². The number of likely N-dealkylation sites (N-methyl/N-ethyl adjacent to an activating group) is 1. The molecule has 22 heavy (non-hydrogen) atoms. The predicted molar refractivity (Wildman–Crippen MR) is 92.1 cm³/mol. The molecule has 2 rings (SSSR count). The molecular weight excluding hydrogens is 300 g/mol. The molecule has 1 N–H and O–H groups in total. The third-order valence-corrected chi connectivity index (χ3v) is 4.66. The van der Waals surface area contributed by atoms with E-state index in [1.165, 1.54) is 19.3 Å². The largest absolute Gasteiger partial charge is 0.496 e. The summed E-state index contributed by atoms with van der Waals surface area (Å²) < 4.78 is 5.26. The maximum Gasteiger partial charge on any atom is 0.255 e. The number of rotatable bonds is 5. The molecule has 0 saturated heterocycles. The van der Waals surface area contributed by atoms with E-state index < -0.39 is 0 Å². The molecule has 0 unspecified atom stereocenters. The summed E-state index contributed by atoms with van der Waals surface area (Å²) in [5.41, 5.74) is 0.695. The van der Waals surface area contributed by atoms with Crippen molar-refractivity contribution in [2.24, 2.45) is 0 Å². The number of methoxy groups -OCH3 is 1. The Morgan fingerprint density at radius 2 is 1.86 bits per heavy atom. The highest BCUT2D eigenvalue weighted by Gasteiger charge is 2.34. The lowest BCUT2D eigenvalue weighted by Crippen LogP contribution is -2.53. The number of para-hydroxylation sites is 1. The van der Waals surface area contributed by atoms with Crippen molar-refractivity contribution in [1.82, 2.24) is 10.2 Å². The molecule has 1 aliphatic carbocycles. The molecule has 0 heterocycles. The van der Waals surface area contributed by atoms with Gasteiger partial charge in [0.05, 0.1) is 12.7 Å². The molecule has 0 aromatic heterocycles. The van der Waals surface area contributed by atoms with E-state index in [-0.39, 0.29) is 23.9 Å². The van der Waals surface area contributed by atoms with Crippen LogP contribution in [0.15, 0.2) is 24.3 Å². The van der Waals surface area contributed by atoms with E-state index in [4.69, 9.17) is 4.74 Å². The van der Waals surface area contributed by atoms with Gasteiger partial charge >= 0.3 is 0 Å². The second kappa shape index (κ2) is 8.39. The standard InChI is InChI=1S/C17H26N2O2.ClH/c1-19(2)17(11-7-4-8-12-17)13-18-16(20)14-9-5-6-10-15(14)21-3;/h5-6,9-10H,4,7-8,11-13H2,1-3H3,(H,18,20);1H. The summed E-state index contributed by atoms with van der Waals surface area (Å²) in [6.45, 7) is 0.691. The fraction of sp³-hybridized carbons (Fsp3) is 0.588. The summed E-state index contributed by atoms with van der Waals surface area (Å²) in [5, 5.41) is 3.10. The summed E-state index contributed by atoms with van der Waals surface area (Å²) in [6, 6.07) is 7.35. The Bertz CT molecular complexity index is 485. The average Bonchev–Trinajstić information content (AvgIpc) is 2.53. The number of benzene rings is 1. The second-order valence-corrected chi connectivity index (χ2v) is 6.06. The first-order valence-electron chi connectivity index (χ1n) is 7.68. The van der Waals surface area contributed by atoms with Gasteiger partial charge in [-0.2, -0.15) is 0 Å². The lowest BCUT2D eigenvalue weighted by Gasteiger charge is -2.43. The van der Waals surface area contributed by atoms with Crippen LogP contribution in [0, 0.1) is 0 Å². The van der Waals surface area contributed by atoms with Gasteiger partial charge in [-0.05, 0) is 39.1 Å². The monoisotopic (exact) mass is 326 g/mol. The minimum Gasteiger partial charge on any atom is -0.496 e. The predicted octanol–water partition coefficient (Wildman–Crippen LogP) is 3.11. The van der Waals surface area contributed by atoms with Crippen LogP contribution in [-0.2, 0) is 0 Å². The number of hydrogen-bond acceptors (Lipinski definition) is 3. The maximum atomic E-state index is 12.4. The average molecular weight is 327 g/mol. The first-order chi connectivity index (χ1) is 10.1. The number of hydrogen-bond donors (Lipinski definition) is 1. The van der Waals surface area contributed by atoms with E-state index in [1.54, 1.807) is 13.2 Å². The third kappa shape index (κ3) is 4.14. The van der Waals surface area contributed by atoms with Crippen molar-refractivity contribution < 1.29 is 9.53 Å². The zero-order valence-corrected chi connectivity index (χ0v) is 14.5. The number of ether oxygens (including phenoxy) is 1. The molecule has 0 bridgehead atoms. The number of halogens is 1. The zero-order chi connectivity index (χ0) is 15.3. The normalized spacial score (nSPS) is 16.7. The highest BCUT2D eigenvalue weighted by atomic mass is 35.5. The van der Waals surface area contributed by atoms with Crippen molar-refractivity contribution in [1.29, 1.82) is 0 Å². The molecule has 1 aliphatic rings. The van der Waals surface area contributed by atoms with Crippen molar-refractivity contribution in [3.05, 3.63) is 29.8 Å². The van der Waals surface area contributed by atoms with E-state index in [2.05, 4.69) is 24.3 Å². The Morgan fingerprint density at radius 3 is 2.45 bits per heavy atom. The van der Waals surface area contributed by atoms with Gasteiger partial charge in [0, 0.05) is 12.1 Å². The van der Waals surface area contributed by atoms with Crippen LogP contribution in [0.5, 0.6) is 5.75 Å². The Balaban J connectivity index is 0.00000242. The SMILES string of the molecule is COc1ccccc1C(=O)NCC1(N(C)C)CCCCC1.Cl. The fourth-order valence-electron chi connectivity index (χ4n) is 3.16. The number of amides is 1. The first-order valence-corrected chi connectivity index (χ1v) is 7.68. The zero-order valence-electron chi connectivity index (χ0n) is 13.7. The van der Waals surface area contributed by atoms with Crippen molar-refractivity contribution in [3.63, 3.8) is 0 Å². The van der Waals surface area contributed by atoms with Gasteiger partial charge in [-0.3, -0.25) is 4.79 Å². The van der Waals surface area contributed by atoms with Gasteiger partial charge in [-0.25, -0.2) is 0 Å². The highest BCUT2D eigenvalue weighted by Crippen LogP contribution is 2.31. The molecule has 1 fully saturated rings. The molecule has 0 atom stereocenters. The molecule has 1 saturated carbocycles. The van der Waals surface area contributed by atoms with Crippen LogP contribution in [0.1, 0.15) is 42.5 Å². The molecule has 1 amide bonds. The van der Waals surface area contributed by atoms with Crippen molar-refractivity contribution in [3.8, 4) is 5.75 Å². The Morgan fingerprint density at radius 1 is 1.23 bits per heavy atom. The smallest absolute Gasteiger partial charge is 0.255 e. The van der Waals surface area contributed by atoms with Crippen LogP contribution in [0.25, 0.3) is 0 Å². The maximum absolute atomic E-state index is 12.4. The molecule has 124 valence electrons. The molecular formula is C17H27ClN2O2. The van der Waals surface area contributed by atoms with Gasteiger partial charge in [0.15, 0.2) is 0 Å². The lowest BCUT2D eigenvalue weighted by atomic mass is 9.80. The van der Waals surface area contributed by atoms with E-state index in [0.717, 1.165) is 12.8 Å². The van der Waals surface area contributed by atoms with Crippen LogP contribution >= 0.6 is 12.4 Å². The Kier molecular flexibility index (Phi) is 7.17. The Hall–Kier alpha value is -1.26. The number of nitrogens with zero attached hydrogens (tertiary/aromatic N) is 1. The van der Waals surface area contributed by atoms with E-state index in [1.807, 2.05) is 18.2 Å². The topological polar surface area (TPSA) is 41.6 Å². The number of nitrogens with one attached hydrogen (secondary N) is 1. The van der Waals surface area contributed by atoms with Crippen LogP contribution in [0.2, 0.25) is 0 Å². The van der Waals surface area contributed by atoms with Crippen LogP contribution in [0.3, 0.4) is 0 Å². The van der Waals surface area contributed by atoms with Crippen LogP contribution in [-0.4, -0.2) is 44.1 Å². The summed E-state index contributed by atoms with van der Waals surface area (Å²) >= 11 is 0. The van der Waals surface area contributed by atoms with Crippen LogP contribution in [0.4, 0.5) is 0 Å². The van der Waals surface area contributed by atoms with Crippen molar-refractivity contribution in [2.45, 2.75) is 37.6 Å².